The number of alkyl halides is 17. The lowest BCUT2D eigenvalue weighted by atomic mass is 9.87. The van der Waals surface area contributed by atoms with Crippen molar-refractivity contribution in [3.63, 3.8) is 0 Å². The molecule has 35 heavy (non-hydrogen) atoms. The van der Waals surface area contributed by atoms with Crippen molar-refractivity contribution in [2.24, 2.45) is 0 Å². The zero-order valence-electron chi connectivity index (χ0n) is 17.5. The predicted molar refractivity (Wildman–Crippen MR) is 85.4 cm³/mol. The maximum atomic E-state index is 13.9. The van der Waals surface area contributed by atoms with Gasteiger partial charge in [0.25, 0.3) is 0 Å². The van der Waals surface area contributed by atoms with Crippen LogP contribution in [0.4, 0.5) is 74.6 Å². The fourth-order valence-corrected chi connectivity index (χ4v) is 4.10. The minimum atomic E-state index is -8.57. The molecule has 0 aromatic rings. The summed E-state index contributed by atoms with van der Waals surface area (Å²) in [5, 5.41) is 0. The summed E-state index contributed by atoms with van der Waals surface area (Å²) in [7, 11) is -4.13. The van der Waals surface area contributed by atoms with Gasteiger partial charge in [-0.1, -0.05) is 0 Å². The topological polar surface area (TPSA) is 18.5 Å². The SMILES string of the molecule is CCO[SiH](CC(F)(F)C(F)(F)C(F)(F)C(F)(F)C(F)(F)C(F)(F)C(F)(F)C(F)(F)C(C)F)OCC. The summed E-state index contributed by atoms with van der Waals surface area (Å²) in [6.45, 7) is 0.307. The summed E-state index contributed by atoms with van der Waals surface area (Å²) in [6.07, 6.45) is -4.49. The molecule has 0 N–H and O–H groups in total. The van der Waals surface area contributed by atoms with E-state index in [0.717, 1.165) is 13.8 Å². The normalized spacial score (nSPS) is 16.7. The number of hydrogen-bond acceptors (Lipinski definition) is 2. The van der Waals surface area contributed by atoms with Crippen LogP contribution in [0.25, 0.3) is 0 Å². The lowest BCUT2D eigenvalue weighted by Crippen LogP contribution is -2.75. The van der Waals surface area contributed by atoms with E-state index in [2.05, 4.69) is 8.85 Å². The molecule has 1 atom stereocenters. The van der Waals surface area contributed by atoms with Crippen LogP contribution in [0.3, 0.4) is 0 Å². The van der Waals surface area contributed by atoms with E-state index in [4.69, 9.17) is 0 Å². The molecule has 0 fully saturated rings. The third-order valence-corrected chi connectivity index (χ3v) is 6.73. The third-order valence-electron chi connectivity index (χ3n) is 4.48. The molecule has 0 aliphatic carbocycles. The highest BCUT2D eigenvalue weighted by atomic mass is 28.3. The fraction of sp³-hybridized carbons (Fsp3) is 1.00. The van der Waals surface area contributed by atoms with Gasteiger partial charge in [0.15, 0.2) is 6.17 Å². The van der Waals surface area contributed by atoms with Crippen LogP contribution in [-0.4, -0.2) is 76.0 Å². The number of hydrogen-bond donors (Lipinski definition) is 0. The van der Waals surface area contributed by atoms with E-state index in [1.165, 1.54) is 0 Å². The minimum Gasteiger partial charge on any atom is -0.397 e. The van der Waals surface area contributed by atoms with Gasteiger partial charge >= 0.3 is 56.7 Å². The maximum Gasteiger partial charge on any atom is 0.385 e. The standard InChI is InChI=1S/C15H17F17O2Si/c1-4-33-35(34-5-2)6-8(17,18)10(21,22)12(25,26)14(29,30)15(31,32)13(27,28)11(23,24)9(19,20)7(3)16/h7,35H,4-6H2,1-3H3. The second-order valence-corrected chi connectivity index (χ2v) is 8.87. The molecule has 0 bridgehead atoms. The zero-order chi connectivity index (χ0) is 28.7. The van der Waals surface area contributed by atoms with Crippen LogP contribution >= 0.6 is 0 Å². The van der Waals surface area contributed by atoms with Gasteiger partial charge in [0.2, 0.25) is 0 Å². The molecule has 0 spiro atoms. The Morgan fingerprint density at radius 3 is 1.11 bits per heavy atom. The van der Waals surface area contributed by atoms with Crippen LogP contribution in [-0.2, 0) is 8.85 Å². The van der Waals surface area contributed by atoms with E-state index < -0.39 is 89.0 Å². The molecule has 0 aliphatic heterocycles. The first-order valence-corrected chi connectivity index (χ1v) is 10.8. The van der Waals surface area contributed by atoms with E-state index >= 15 is 0 Å². The fourth-order valence-electron chi connectivity index (χ4n) is 2.35. The smallest absolute Gasteiger partial charge is 0.385 e. The number of rotatable bonds is 14. The van der Waals surface area contributed by atoms with Crippen molar-refractivity contribution in [3.05, 3.63) is 0 Å². The molecule has 0 rings (SSSR count). The van der Waals surface area contributed by atoms with Gasteiger partial charge in [-0.3, -0.25) is 0 Å². The van der Waals surface area contributed by atoms with Crippen molar-refractivity contribution < 1.29 is 83.5 Å². The van der Waals surface area contributed by atoms with Crippen molar-refractivity contribution in [3.8, 4) is 0 Å². The molecule has 212 valence electrons. The first-order valence-electron chi connectivity index (χ1n) is 9.08. The van der Waals surface area contributed by atoms with Crippen molar-refractivity contribution in [1.29, 1.82) is 0 Å². The molecule has 20 heteroatoms. The van der Waals surface area contributed by atoms with Gasteiger partial charge in [-0.15, -0.1) is 0 Å². The van der Waals surface area contributed by atoms with Crippen LogP contribution in [0.2, 0.25) is 6.04 Å². The molecular formula is C15H17F17O2Si. The quantitative estimate of drug-likeness (QED) is 0.168. The van der Waals surface area contributed by atoms with Gasteiger partial charge in [0.05, 0.1) is 6.04 Å². The summed E-state index contributed by atoms with van der Waals surface area (Å²) < 4.78 is 239. The number of halogens is 17. The minimum absolute atomic E-state index is 0.578. The van der Waals surface area contributed by atoms with Crippen molar-refractivity contribution >= 4 is 9.28 Å². The van der Waals surface area contributed by atoms with Crippen LogP contribution in [0.15, 0.2) is 0 Å². The van der Waals surface area contributed by atoms with Crippen molar-refractivity contribution in [2.75, 3.05) is 13.2 Å². The van der Waals surface area contributed by atoms with Gasteiger partial charge in [-0.25, -0.2) is 4.39 Å². The molecule has 0 saturated heterocycles. The van der Waals surface area contributed by atoms with Gasteiger partial charge < -0.3 is 8.85 Å². The summed E-state index contributed by atoms with van der Waals surface area (Å²) in [5.41, 5.74) is 0. The first kappa shape index (κ1) is 33.9. The average molecular weight is 580 g/mol. The first-order chi connectivity index (χ1) is 15.2. The largest absolute Gasteiger partial charge is 0.397 e. The molecule has 2 nitrogen and oxygen atoms in total. The van der Waals surface area contributed by atoms with Gasteiger partial charge in [0.1, 0.15) is 0 Å². The molecule has 0 heterocycles. The molecule has 0 aromatic carbocycles. The zero-order valence-corrected chi connectivity index (χ0v) is 18.7. The Labute approximate surface area is 187 Å². The molecule has 0 aromatic heterocycles. The Bertz CT molecular complexity index is 704. The second-order valence-electron chi connectivity index (χ2n) is 6.93. The maximum absolute atomic E-state index is 13.9. The summed E-state index contributed by atoms with van der Waals surface area (Å²) in [4.78, 5) is 0. The third kappa shape index (κ3) is 5.06. The lowest BCUT2D eigenvalue weighted by molar-refractivity contribution is -0.454. The van der Waals surface area contributed by atoms with E-state index in [-0.39, 0.29) is 0 Å². The van der Waals surface area contributed by atoms with Gasteiger partial charge in [-0.05, 0) is 20.8 Å². The highest BCUT2D eigenvalue weighted by molar-refractivity contribution is 6.44. The van der Waals surface area contributed by atoms with Crippen LogP contribution in [0.5, 0.6) is 0 Å². The van der Waals surface area contributed by atoms with Crippen molar-refractivity contribution in [1.82, 2.24) is 0 Å². The Hall–Kier alpha value is -1.05. The Morgan fingerprint density at radius 1 is 0.543 bits per heavy atom. The highest BCUT2D eigenvalue weighted by Gasteiger charge is 2.95. The van der Waals surface area contributed by atoms with E-state index in [9.17, 15) is 74.6 Å². The monoisotopic (exact) mass is 580 g/mol. The Morgan fingerprint density at radius 2 is 0.829 bits per heavy atom. The van der Waals surface area contributed by atoms with Gasteiger partial charge in [0, 0.05) is 13.2 Å². The molecule has 0 saturated carbocycles. The second kappa shape index (κ2) is 10.0. The van der Waals surface area contributed by atoms with E-state index in [1.807, 2.05) is 0 Å². The molecular weight excluding hydrogens is 563 g/mol. The summed E-state index contributed by atoms with van der Waals surface area (Å²) >= 11 is 0. The molecule has 0 amide bonds. The average Bonchev–Trinajstić information content (AvgIpc) is 2.66. The highest BCUT2D eigenvalue weighted by Crippen LogP contribution is 2.64. The van der Waals surface area contributed by atoms with E-state index in [0.29, 0.717) is 0 Å². The van der Waals surface area contributed by atoms with Crippen LogP contribution < -0.4 is 0 Å². The predicted octanol–water partition coefficient (Wildman–Crippen LogP) is 6.72. The Balaban J connectivity index is 6.69. The molecule has 0 aliphatic rings. The molecule has 0 radical (unpaired) electrons. The molecule has 1 unspecified atom stereocenters. The summed E-state index contributed by atoms with van der Waals surface area (Å²) in [5.74, 6) is -62.8. The van der Waals surface area contributed by atoms with Crippen LogP contribution in [0.1, 0.15) is 20.8 Å². The lowest BCUT2D eigenvalue weighted by Gasteiger charge is -2.44. The Kier molecular flexibility index (Phi) is 9.71. The van der Waals surface area contributed by atoms with Gasteiger partial charge in [-0.2, -0.15) is 70.2 Å². The van der Waals surface area contributed by atoms with Crippen molar-refractivity contribution in [2.45, 2.75) is 80.4 Å². The van der Waals surface area contributed by atoms with Crippen LogP contribution in [0, 0.1) is 0 Å². The van der Waals surface area contributed by atoms with E-state index in [1.54, 1.807) is 0 Å². The summed E-state index contributed by atoms with van der Waals surface area (Å²) in [6, 6.07) is -2.62.